The fraction of sp³-hybridized carbons (Fsp3) is 0.238. The normalized spacial score (nSPS) is 15.7. The molecule has 1 atom stereocenters. The number of anilines is 1. The summed E-state index contributed by atoms with van der Waals surface area (Å²) in [5.74, 6) is -2.60. The second-order valence-electron chi connectivity index (χ2n) is 6.72. The van der Waals surface area contributed by atoms with Gasteiger partial charge in [0.25, 0.3) is 11.8 Å². The number of ether oxygens (including phenoxy) is 1. The van der Waals surface area contributed by atoms with Crippen molar-refractivity contribution in [2.24, 2.45) is 5.92 Å². The van der Waals surface area contributed by atoms with E-state index in [9.17, 15) is 19.2 Å². The van der Waals surface area contributed by atoms with Gasteiger partial charge in [0.1, 0.15) is 0 Å². The molecule has 1 fully saturated rings. The summed E-state index contributed by atoms with van der Waals surface area (Å²) < 4.78 is 5.00. The van der Waals surface area contributed by atoms with E-state index in [1.54, 1.807) is 35.2 Å². The summed E-state index contributed by atoms with van der Waals surface area (Å²) in [4.78, 5) is 49.7. The van der Waals surface area contributed by atoms with Crippen LogP contribution in [0.1, 0.15) is 22.3 Å². The van der Waals surface area contributed by atoms with Gasteiger partial charge >= 0.3 is 5.97 Å². The number of hydrogen-bond acceptors (Lipinski definition) is 5. The van der Waals surface area contributed by atoms with E-state index in [1.165, 1.54) is 0 Å². The average Bonchev–Trinajstić information content (AvgIpc) is 3.12. The van der Waals surface area contributed by atoms with Crippen molar-refractivity contribution in [2.75, 3.05) is 18.1 Å². The van der Waals surface area contributed by atoms with Crippen LogP contribution in [0.15, 0.2) is 54.6 Å². The Kier molecular flexibility index (Phi) is 6.23. The first kappa shape index (κ1) is 20.1. The van der Waals surface area contributed by atoms with Crippen LogP contribution in [0.3, 0.4) is 0 Å². The molecule has 0 radical (unpaired) electrons. The largest absolute Gasteiger partial charge is 0.455 e. The Labute approximate surface area is 167 Å². The topological polar surface area (TPSA) is 105 Å². The van der Waals surface area contributed by atoms with E-state index in [0.717, 1.165) is 11.3 Å². The van der Waals surface area contributed by atoms with E-state index in [2.05, 4.69) is 10.9 Å². The molecule has 1 aliphatic heterocycles. The van der Waals surface area contributed by atoms with Gasteiger partial charge in [0.05, 0.1) is 5.92 Å². The molecule has 0 saturated carbocycles. The number of nitrogens with zero attached hydrogens (tertiary/aromatic N) is 1. The van der Waals surface area contributed by atoms with Gasteiger partial charge in [-0.2, -0.15) is 0 Å². The maximum atomic E-state index is 12.2. The minimum absolute atomic E-state index is 0.0269. The standard InChI is InChI=1S/C21H21N3O5/c1-14-6-5-9-17(10-14)24-12-16(11-19(24)26)21(28)29-13-18(25)22-23-20(27)15-7-3-2-4-8-15/h2-10,16H,11-13H2,1H3,(H,22,25)(H,23,27)/t16-/m1/s1. The van der Waals surface area contributed by atoms with Gasteiger partial charge in [-0.3, -0.25) is 30.0 Å². The van der Waals surface area contributed by atoms with Gasteiger partial charge in [0.15, 0.2) is 6.61 Å². The molecular formula is C21H21N3O5. The monoisotopic (exact) mass is 395 g/mol. The second kappa shape index (κ2) is 9.01. The molecule has 1 aliphatic rings. The van der Waals surface area contributed by atoms with Gasteiger partial charge in [-0.15, -0.1) is 0 Å². The third kappa shape index (κ3) is 5.19. The van der Waals surface area contributed by atoms with Gasteiger partial charge in [-0.1, -0.05) is 30.3 Å². The highest BCUT2D eigenvalue weighted by atomic mass is 16.5. The number of esters is 1. The summed E-state index contributed by atoms with van der Waals surface area (Å²) >= 11 is 0. The maximum Gasteiger partial charge on any atom is 0.311 e. The summed E-state index contributed by atoms with van der Waals surface area (Å²) in [5, 5.41) is 0. The molecule has 0 aliphatic carbocycles. The number of benzene rings is 2. The van der Waals surface area contributed by atoms with E-state index >= 15 is 0 Å². The van der Waals surface area contributed by atoms with E-state index in [4.69, 9.17) is 4.74 Å². The third-order valence-electron chi connectivity index (χ3n) is 4.47. The van der Waals surface area contributed by atoms with Gasteiger partial charge in [0, 0.05) is 24.2 Å². The zero-order chi connectivity index (χ0) is 20.8. The molecule has 0 spiro atoms. The molecule has 3 rings (SSSR count). The Bertz CT molecular complexity index is 929. The minimum atomic E-state index is -0.678. The molecule has 0 aromatic heterocycles. The van der Waals surface area contributed by atoms with Crippen molar-refractivity contribution in [1.82, 2.24) is 10.9 Å². The number of carbonyl (C=O) groups excluding carboxylic acids is 4. The van der Waals surface area contributed by atoms with E-state index < -0.39 is 30.3 Å². The molecule has 1 saturated heterocycles. The van der Waals surface area contributed by atoms with Crippen molar-refractivity contribution in [1.29, 1.82) is 0 Å². The van der Waals surface area contributed by atoms with Gasteiger partial charge in [0.2, 0.25) is 5.91 Å². The Balaban J connectivity index is 1.45. The van der Waals surface area contributed by atoms with Gasteiger partial charge in [-0.05, 0) is 36.8 Å². The fourth-order valence-corrected chi connectivity index (χ4v) is 2.99. The number of aryl methyl sites for hydroxylation is 1. The molecule has 150 valence electrons. The van der Waals surface area contributed by atoms with Crippen LogP contribution in [0.4, 0.5) is 5.69 Å². The summed E-state index contributed by atoms with van der Waals surface area (Å²) in [5.41, 5.74) is 6.54. The summed E-state index contributed by atoms with van der Waals surface area (Å²) in [6.45, 7) is 1.57. The molecular weight excluding hydrogens is 374 g/mol. The van der Waals surface area contributed by atoms with Crippen molar-refractivity contribution < 1.29 is 23.9 Å². The number of carbonyl (C=O) groups is 4. The lowest BCUT2D eigenvalue weighted by Gasteiger charge is -2.17. The van der Waals surface area contributed by atoms with Crippen LogP contribution in [0.2, 0.25) is 0 Å². The molecule has 2 N–H and O–H groups in total. The van der Waals surface area contributed by atoms with Crippen LogP contribution in [-0.2, 0) is 19.1 Å². The number of hydrogen-bond donors (Lipinski definition) is 2. The first-order valence-corrected chi connectivity index (χ1v) is 9.12. The van der Waals surface area contributed by atoms with Gasteiger partial charge in [-0.25, -0.2) is 0 Å². The molecule has 3 amide bonds. The SMILES string of the molecule is Cc1cccc(N2C[C@H](C(=O)OCC(=O)NNC(=O)c3ccccc3)CC2=O)c1. The molecule has 29 heavy (non-hydrogen) atoms. The fourth-order valence-electron chi connectivity index (χ4n) is 2.99. The molecule has 8 heteroatoms. The van der Waals surface area contributed by atoms with Crippen molar-refractivity contribution in [3.8, 4) is 0 Å². The quantitative estimate of drug-likeness (QED) is 0.587. The molecule has 0 bridgehead atoms. The van der Waals surface area contributed by atoms with Crippen molar-refractivity contribution in [3.63, 3.8) is 0 Å². The molecule has 2 aromatic carbocycles. The highest BCUT2D eigenvalue weighted by Gasteiger charge is 2.36. The number of rotatable bonds is 5. The Morgan fingerprint density at radius 3 is 2.55 bits per heavy atom. The average molecular weight is 395 g/mol. The van der Waals surface area contributed by atoms with E-state index in [-0.39, 0.29) is 18.9 Å². The minimum Gasteiger partial charge on any atom is -0.455 e. The lowest BCUT2D eigenvalue weighted by atomic mass is 10.1. The van der Waals surface area contributed by atoms with Crippen LogP contribution in [0, 0.1) is 12.8 Å². The molecule has 8 nitrogen and oxygen atoms in total. The van der Waals surface area contributed by atoms with Crippen molar-refractivity contribution in [3.05, 3.63) is 65.7 Å². The third-order valence-corrected chi connectivity index (χ3v) is 4.47. The first-order chi connectivity index (χ1) is 13.9. The highest BCUT2D eigenvalue weighted by molar-refractivity contribution is 6.00. The summed E-state index contributed by atoms with van der Waals surface area (Å²) in [6, 6.07) is 15.8. The Morgan fingerprint density at radius 2 is 1.83 bits per heavy atom. The molecule has 2 aromatic rings. The first-order valence-electron chi connectivity index (χ1n) is 9.12. The number of hydrazine groups is 1. The lowest BCUT2D eigenvalue weighted by Crippen LogP contribution is -2.43. The van der Waals surface area contributed by atoms with Crippen LogP contribution >= 0.6 is 0 Å². The van der Waals surface area contributed by atoms with Crippen molar-refractivity contribution >= 4 is 29.4 Å². The molecule has 0 unspecified atom stereocenters. The predicted molar refractivity (Wildman–Crippen MR) is 105 cm³/mol. The lowest BCUT2D eigenvalue weighted by molar-refractivity contribution is -0.152. The van der Waals surface area contributed by atoms with Crippen molar-refractivity contribution in [2.45, 2.75) is 13.3 Å². The number of amides is 3. The highest BCUT2D eigenvalue weighted by Crippen LogP contribution is 2.26. The van der Waals surface area contributed by atoms with Crippen LogP contribution in [-0.4, -0.2) is 36.8 Å². The maximum absolute atomic E-state index is 12.2. The number of nitrogens with one attached hydrogen (secondary N) is 2. The zero-order valence-electron chi connectivity index (χ0n) is 15.9. The van der Waals surface area contributed by atoms with E-state index in [1.807, 2.05) is 31.2 Å². The second-order valence-corrected chi connectivity index (χ2v) is 6.72. The van der Waals surface area contributed by atoms with E-state index in [0.29, 0.717) is 5.56 Å². The Hall–Kier alpha value is -3.68. The zero-order valence-corrected chi connectivity index (χ0v) is 15.9. The summed E-state index contributed by atoms with van der Waals surface area (Å²) in [7, 11) is 0. The van der Waals surface area contributed by atoms with Crippen LogP contribution < -0.4 is 15.8 Å². The van der Waals surface area contributed by atoms with Crippen LogP contribution in [0.5, 0.6) is 0 Å². The summed E-state index contributed by atoms with van der Waals surface area (Å²) in [6.07, 6.45) is 0.0269. The predicted octanol–water partition coefficient (Wildman–Crippen LogP) is 1.35. The molecule has 1 heterocycles. The van der Waals surface area contributed by atoms with Crippen LogP contribution in [0.25, 0.3) is 0 Å². The Morgan fingerprint density at radius 1 is 1.07 bits per heavy atom. The van der Waals surface area contributed by atoms with Gasteiger partial charge < -0.3 is 9.64 Å². The smallest absolute Gasteiger partial charge is 0.311 e.